The fourth-order valence-electron chi connectivity index (χ4n) is 2.38. The normalized spacial score (nSPS) is 13.4. The number of amides is 3. The molecule has 0 aliphatic carbocycles. The quantitative estimate of drug-likeness (QED) is 0.110. The van der Waals surface area contributed by atoms with Gasteiger partial charge in [0.25, 0.3) is 0 Å². The molecule has 0 bridgehead atoms. The first kappa shape index (κ1) is 27.7. The van der Waals surface area contributed by atoms with Gasteiger partial charge in [0.15, 0.2) is 0 Å². The molecule has 0 fully saturated rings. The van der Waals surface area contributed by atoms with E-state index in [2.05, 4.69) is 16.0 Å². The fraction of sp³-hybridized carbons (Fsp3) is 0.647. The Morgan fingerprint density at radius 2 is 1.45 bits per heavy atom. The maximum atomic E-state index is 12.3. The van der Waals surface area contributed by atoms with Crippen molar-refractivity contribution >= 4 is 35.6 Å². The second-order valence-corrected chi connectivity index (χ2v) is 6.66. The summed E-state index contributed by atoms with van der Waals surface area (Å²) >= 11 is 0. The average molecular weight is 447 g/mol. The number of rotatable bonds is 16. The van der Waals surface area contributed by atoms with E-state index in [4.69, 9.17) is 26.8 Å². The average Bonchev–Trinajstić information content (AvgIpc) is 2.67. The fourth-order valence-corrected chi connectivity index (χ4v) is 2.38. The largest absolute Gasteiger partial charge is 0.481 e. The predicted octanol–water partition coefficient (Wildman–Crippen LogP) is -3.05. The molecule has 0 spiro atoms. The summed E-state index contributed by atoms with van der Waals surface area (Å²) in [5.41, 5.74) is 10.7. The third kappa shape index (κ3) is 12.8. The summed E-state index contributed by atoms with van der Waals surface area (Å²) in [5, 5.41) is 33.2. The van der Waals surface area contributed by atoms with Crippen LogP contribution in [0.1, 0.15) is 38.5 Å². The summed E-state index contributed by atoms with van der Waals surface area (Å²) in [7, 11) is 0. The molecule has 0 aromatic rings. The molecule has 0 radical (unpaired) electrons. The smallest absolute Gasteiger partial charge is 0.326 e. The van der Waals surface area contributed by atoms with Gasteiger partial charge in [-0.2, -0.15) is 0 Å². The third-order valence-corrected chi connectivity index (χ3v) is 4.01. The molecule has 3 unspecified atom stereocenters. The molecular weight excluding hydrogens is 418 g/mol. The molecule has 14 nitrogen and oxygen atoms in total. The maximum Gasteiger partial charge on any atom is 0.326 e. The van der Waals surface area contributed by atoms with Crippen LogP contribution in [0.3, 0.4) is 0 Å². The third-order valence-electron chi connectivity index (χ3n) is 4.01. The van der Waals surface area contributed by atoms with Crippen molar-refractivity contribution in [3.05, 3.63) is 0 Å². The van der Waals surface area contributed by atoms with Gasteiger partial charge in [-0.25, -0.2) is 4.79 Å². The number of nitrogens with one attached hydrogen (secondary N) is 3. The Bertz CT molecular complexity index is 670. The molecule has 0 heterocycles. The highest BCUT2D eigenvalue weighted by atomic mass is 16.4. The van der Waals surface area contributed by atoms with Gasteiger partial charge >= 0.3 is 17.9 Å². The van der Waals surface area contributed by atoms with Crippen molar-refractivity contribution in [3.8, 4) is 0 Å². The van der Waals surface area contributed by atoms with E-state index in [9.17, 15) is 28.8 Å². The summed E-state index contributed by atoms with van der Waals surface area (Å²) in [6, 6.07) is -4.03. The van der Waals surface area contributed by atoms with E-state index >= 15 is 0 Å². The van der Waals surface area contributed by atoms with Gasteiger partial charge in [-0.1, -0.05) is 0 Å². The van der Waals surface area contributed by atoms with E-state index in [-0.39, 0.29) is 12.8 Å². The Hall–Kier alpha value is -3.26. The van der Waals surface area contributed by atoms with Crippen molar-refractivity contribution in [1.82, 2.24) is 16.0 Å². The van der Waals surface area contributed by atoms with E-state index in [1.165, 1.54) is 0 Å². The van der Waals surface area contributed by atoms with Crippen molar-refractivity contribution in [2.24, 2.45) is 11.5 Å². The van der Waals surface area contributed by atoms with E-state index in [0.29, 0.717) is 19.4 Å². The van der Waals surface area contributed by atoms with Gasteiger partial charge in [-0.3, -0.25) is 24.0 Å². The first-order chi connectivity index (χ1) is 14.5. The Balaban J connectivity index is 4.86. The summed E-state index contributed by atoms with van der Waals surface area (Å²) in [4.78, 5) is 68.8. The van der Waals surface area contributed by atoms with E-state index in [1.807, 2.05) is 0 Å². The zero-order chi connectivity index (χ0) is 24.0. The Kier molecular flexibility index (Phi) is 13.1. The van der Waals surface area contributed by atoms with Crippen LogP contribution in [-0.4, -0.2) is 82.2 Å². The van der Waals surface area contributed by atoms with Gasteiger partial charge in [0.05, 0.1) is 19.0 Å². The van der Waals surface area contributed by atoms with Gasteiger partial charge < -0.3 is 42.7 Å². The van der Waals surface area contributed by atoms with Crippen LogP contribution in [0.15, 0.2) is 0 Å². The lowest BCUT2D eigenvalue weighted by atomic mass is 10.1. The lowest BCUT2D eigenvalue weighted by molar-refractivity contribution is -0.142. The second kappa shape index (κ2) is 14.7. The zero-order valence-corrected chi connectivity index (χ0v) is 16.8. The SMILES string of the molecule is NCCCCC(NC(=O)CNC(=O)C(CCC(=O)O)NC(=O)C(N)CC(=O)O)C(=O)O. The van der Waals surface area contributed by atoms with Crippen molar-refractivity contribution in [2.45, 2.75) is 56.7 Å². The highest BCUT2D eigenvalue weighted by molar-refractivity contribution is 5.93. The number of unbranched alkanes of at least 4 members (excludes halogenated alkanes) is 1. The van der Waals surface area contributed by atoms with Crippen LogP contribution in [0.2, 0.25) is 0 Å². The molecule has 0 aliphatic rings. The van der Waals surface area contributed by atoms with E-state index in [0.717, 1.165) is 0 Å². The molecule has 3 atom stereocenters. The van der Waals surface area contributed by atoms with Crippen LogP contribution in [0.25, 0.3) is 0 Å². The zero-order valence-electron chi connectivity index (χ0n) is 16.8. The lowest BCUT2D eigenvalue weighted by Crippen LogP contribution is -2.53. The number of carbonyl (C=O) groups excluding carboxylic acids is 3. The van der Waals surface area contributed by atoms with Gasteiger partial charge in [-0.15, -0.1) is 0 Å². The standard InChI is InChI=1S/C17H29N5O9/c18-6-2-1-3-11(17(30)31)21-12(23)8-20-16(29)10(4-5-13(24)25)22-15(28)9(19)7-14(26)27/h9-11H,1-8,18-19H2,(H,20,29)(H,21,23)(H,22,28)(H,24,25)(H,26,27)(H,30,31). The predicted molar refractivity (Wildman–Crippen MR) is 105 cm³/mol. The molecule has 0 saturated carbocycles. The number of hydrogen-bond acceptors (Lipinski definition) is 8. The van der Waals surface area contributed by atoms with Crippen LogP contribution < -0.4 is 27.4 Å². The van der Waals surface area contributed by atoms with Crippen LogP contribution in [-0.2, 0) is 28.8 Å². The number of carbonyl (C=O) groups is 6. The number of carboxylic acids is 3. The highest BCUT2D eigenvalue weighted by Gasteiger charge is 2.26. The molecule has 3 amide bonds. The second-order valence-electron chi connectivity index (χ2n) is 6.66. The monoisotopic (exact) mass is 447 g/mol. The minimum atomic E-state index is -1.47. The Morgan fingerprint density at radius 3 is 1.97 bits per heavy atom. The van der Waals surface area contributed by atoms with Gasteiger partial charge in [0.2, 0.25) is 17.7 Å². The van der Waals surface area contributed by atoms with Crippen LogP contribution >= 0.6 is 0 Å². The van der Waals surface area contributed by atoms with Gasteiger partial charge in [0, 0.05) is 6.42 Å². The minimum absolute atomic E-state index is 0.144. The molecule has 0 aromatic carbocycles. The van der Waals surface area contributed by atoms with Crippen molar-refractivity contribution in [1.29, 1.82) is 0 Å². The van der Waals surface area contributed by atoms with E-state index in [1.54, 1.807) is 0 Å². The minimum Gasteiger partial charge on any atom is -0.481 e. The first-order valence-electron chi connectivity index (χ1n) is 9.47. The number of hydrogen-bond donors (Lipinski definition) is 8. The van der Waals surface area contributed by atoms with Crippen LogP contribution in [0.5, 0.6) is 0 Å². The Morgan fingerprint density at radius 1 is 0.806 bits per heavy atom. The van der Waals surface area contributed by atoms with Gasteiger partial charge in [-0.05, 0) is 32.2 Å². The molecule has 176 valence electrons. The topological polar surface area (TPSA) is 251 Å². The maximum absolute atomic E-state index is 12.3. The molecule has 0 rings (SSSR count). The van der Waals surface area contributed by atoms with Crippen LogP contribution in [0.4, 0.5) is 0 Å². The molecule has 0 aromatic heterocycles. The van der Waals surface area contributed by atoms with E-state index < -0.39 is 73.1 Å². The van der Waals surface area contributed by atoms with Crippen LogP contribution in [0, 0.1) is 0 Å². The molecule has 14 heteroatoms. The van der Waals surface area contributed by atoms with Crippen molar-refractivity contribution in [3.63, 3.8) is 0 Å². The molecule has 31 heavy (non-hydrogen) atoms. The number of aliphatic carboxylic acids is 3. The van der Waals surface area contributed by atoms with Gasteiger partial charge in [0.1, 0.15) is 12.1 Å². The molecule has 10 N–H and O–H groups in total. The summed E-state index contributed by atoms with van der Waals surface area (Å²) in [6.45, 7) is -0.254. The Labute approximate surface area is 177 Å². The molecular formula is C17H29N5O9. The number of carboxylic acid groups (broad SMARTS) is 3. The lowest BCUT2D eigenvalue weighted by Gasteiger charge is -2.20. The van der Waals surface area contributed by atoms with Crippen molar-refractivity contribution < 1.29 is 44.1 Å². The first-order valence-corrected chi connectivity index (χ1v) is 9.47. The summed E-state index contributed by atoms with van der Waals surface area (Å²) < 4.78 is 0. The molecule has 0 aliphatic heterocycles. The summed E-state index contributed by atoms with van der Waals surface area (Å²) in [5.74, 6) is -6.55. The number of nitrogens with two attached hydrogens (primary N) is 2. The van der Waals surface area contributed by atoms with Crippen molar-refractivity contribution in [2.75, 3.05) is 13.1 Å². The summed E-state index contributed by atoms with van der Waals surface area (Å²) in [6.07, 6.45) is -0.356. The molecule has 0 saturated heterocycles. The highest BCUT2D eigenvalue weighted by Crippen LogP contribution is 2.02.